The van der Waals surface area contributed by atoms with Crippen LogP contribution in [0.3, 0.4) is 0 Å². The molecule has 130 valence electrons. The van der Waals surface area contributed by atoms with Gasteiger partial charge in [-0.15, -0.1) is 0 Å². The van der Waals surface area contributed by atoms with Gasteiger partial charge in [0.15, 0.2) is 5.78 Å². The van der Waals surface area contributed by atoms with Crippen molar-refractivity contribution in [1.29, 1.82) is 0 Å². The number of carbonyl (C=O) groups excluding carboxylic acids is 3. The van der Waals surface area contributed by atoms with Crippen molar-refractivity contribution in [3.05, 3.63) is 59.7 Å². The molecule has 2 aromatic rings. The second-order valence-corrected chi connectivity index (χ2v) is 5.46. The molecule has 0 aliphatic heterocycles. The maximum Gasteiger partial charge on any atom is 0.241 e. The minimum absolute atomic E-state index is 0.0963. The molecule has 0 heterocycles. The van der Waals surface area contributed by atoms with Crippen LogP contribution in [0.15, 0.2) is 48.5 Å². The fourth-order valence-corrected chi connectivity index (χ4v) is 2.37. The van der Waals surface area contributed by atoms with E-state index in [1.165, 1.54) is 6.92 Å². The Kier molecular flexibility index (Phi) is 5.89. The monoisotopic (exact) mass is 340 g/mol. The lowest BCUT2D eigenvalue weighted by Gasteiger charge is -2.15. The predicted octanol–water partition coefficient (Wildman–Crippen LogP) is 2.50. The molecular weight excluding hydrogens is 320 g/mol. The SMILES string of the molecule is CCOc1ccc(NC(=O)[C@H](C(N)=O)c2ccc(C(C)=O)cc2)cc1. The number of carbonyl (C=O) groups is 3. The number of ether oxygens (including phenoxy) is 1. The number of ketones is 1. The van der Waals surface area contributed by atoms with Gasteiger partial charge in [0.2, 0.25) is 11.8 Å². The van der Waals surface area contributed by atoms with Gasteiger partial charge in [0.25, 0.3) is 0 Å². The van der Waals surface area contributed by atoms with Gasteiger partial charge < -0.3 is 15.8 Å². The summed E-state index contributed by atoms with van der Waals surface area (Å²) < 4.78 is 5.34. The first kappa shape index (κ1) is 18.2. The molecule has 0 spiro atoms. The smallest absolute Gasteiger partial charge is 0.241 e. The fraction of sp³-hybridized carbons (Fsp3) is 0.211. The zero-order valence-corrected chi connectivity index (χ0v) is 14.1. The van der Waals surface area contributed by atoms with Gasteiger partial charge in [-0.25, -0.2) is 0 Å². The van der Waals surface area contributed by atoms with Gasteiger partial charge >= 0.3 is 0 Å². The van der Waals surface area contributed by atoms with E-state index in [-0.39, 0.29) is 5.78 Å². The van der Waals surface area contributed by atoms with Crippen LogP contribution in [-0.2, 0) is 9.59 Å². The minimum Gasteiger partial charge on any atom is -0.494 e. The van der Waals surface area contributed by atoms with Gasteiger partial charge in [0, 0.05) is 11.3 Å². The highest BCUT2D eigenvalue weighted by atomic mass is 16.5. The Morgan fingerprint density at radius 1 is 1.04 bits per heavy atom. The van der Waals surface area contributed by atoms with Crippen LogP contribution in [0.2, 0.25) is 0 Å². The van der Waals surface area contributed by atoms with Crippen molar-refractivity contribution >= 4 is 23.3 Å². The third-order valence-electron chi connectivity index (χ3n) is 3.63. The standard InChI is InChI=1S/C19H20N2O4/c1-3-25-16-10-8-15(9-11-16)21-19(24)17(18(20)23)14-6-4-13(5-7-14)12(2)22/h4-11,17H,3H2,1-2H3,(H2,20,23)(H,21,24)/t17-/m0/s1. The summed E-state index contributed by atoms with van der Waals surface area (Å²) in [5.74, 6) is -1.85. The average Bonchev–Trinajstić information content (AvgIpc) is 2.57. The molecule has 6 heteroatoms. The minimum atomic E-state index is -1.15. The van der Waals surface area contributed by atoms with Crippen LogP contribution >= 0.6 is 0 Å². The van der Waals surface area contributed by atoms with Gasteiger partial charge in [-0.2, -0.15) is 0 Å². The molecule has 0 aliphatic rings. The quantitative estimate of drug-likeness (QED) is 0.597. The number of primary amides is 1. The van der Waals surface area contributed by atoms with E-state index in [1.807, 2.05) is 6.92 Å². The summed E-state index contributed by atoms with van der Waals surface area (Å²) in [6, 6.07) is 13.1. The Morgan fingerprint density at radius 2 is 1.64 bits per heavy atom. The normalized spacial score (nSPS) is 11.4. The molecule has 0 radical (unpaired) electrons. The van der Waals surface area contributed by atoms with Gasteiger partial charge in [0.05, 0.1) is 6.61 Å². The van der Waals surface area contributed by atoms with Gasteiger partial charge in [-0.3, -0.25) is 14.4 Å². The molecule has 0 bridgehead atoms. The van der Waals surface area contributed by atoms with Gasteiger partial charge in [-0.05, 0) is 43.7 Å². The molecular formula is C19H20N2O4. The number of benzene rings is 2. The maximum absolute atomic E-state index is 12.5. The first-order valence-electron chi connectivity index (χ1n) is 7.86. The van der Waals surface area contributed by atoms with E-state index >= 15 is 0 Å². The molecule has 0 unspecified atom stereocenters. The van der Waals surface area contributed by atoms with Gasteiger partial charge in [0.1, 0.15) is 11.7 Å². The van der Waals surface area contributed by atoms with Crippen molar-refractivity contribution in [1.82, 2.24) is 0 Å². The molecule has 25 heavy (non-hydrogen) atoms. The maximum atomic E-state index is 12.5. The largest absolute Gasteiger partial charge is 0.494 e. The number of hydrogen-bond acceptors (Lipinski definition) is 4. The predicted molar refractivity (Wildman–Crippen MR) is 94.6 cm³/mol. The lowest BCUT2D eigenvalue weighted by Crippen LogP contribution is -2.32. The number of hydrogen-bond donors (Lipinski definition) is 2. The number of anilines is 1. The van der Waals surface area contributed by atoms with Crippen LogP contribution in [0.4, 0.5) is 5.69 Å². The molecule has 3 N–H and O–H groups in total. The zero-order chi connectivity index (χ0) is 18.4. The second-order valence-electron chi connectivity index (χ2n) is 5.46. The molecule has 1 atom stereocenters. The Balaban J connectivity index is 2.17. The third kappa shape index (κ3) is 4.67. The van der Waals surface area contributed by atoms with E-state index < -0.39 is 17.7 Å². The van der Waals surface area contributed by atoms with Crippen LogP contribution in [0.5, 0.6) is 5.75 Å². The van der Waals surface area contributed by atoms with E-state index in [4.69, 9.17) is 10.5 Å². The molecule has 0 aromatic heterocycles. The Morgan fingerprint density at radius 3 is 2.12 bits per heavy atom. The molecule has 0 saturated carbocycles. The van der Waals surface area contributed by atoms with Crippen LogP contribution in [0, 0.1) is 0 Å². The van der Waals surface area contributed by atoms with E-state index in [0.717, 1.165) is 0 Å². The van der Waals surface area contributed by atoms with Crippen molar-refractivity contribution in [2.75, 3.05) is 11.9 Å². The van der Waals surface area contributed by atoms with Crippen molar-refractivity contribution in [3.63, 3.8) is 0 Å². The highest BCUT2D eigenvalue weighted by Crippen LogP contribution is 2.21. The summed E-state index contributed by atoms with van der Waals surface area (Å²) in [5, 5.41) is 2.67. The molecule has 2 aromatic carbocycles. The van der Waals surface area contributed by atoms with Crippen molar-refractivity contribution in [3.8, 4) is 5.75 Å². The molecule has 0 aliphatic carbocycles. The number of rotatable bonds is 7. The topological polar surface area (TPSA) is 98.5 Å². The fourth-order valence-electron chi connectivity index (χ4n) is 2.37. The lowest BCUT2D eigenvalue weighted by molar-refractivity contribution is -0.127. The van der Waals surface area contributed by atoms with Crippen LogP contribution in [0.1, 0.15) is 35.7 Å². The number of amides is 2. The van der Waals surface area contributed by atoms with Crippen molar-refractivity contribution in [2.45, 2.75) is 19.8 Å². The Bertz CT molecular complexity index is 767. The van der Waals surface area contributed by atoms with E-state index in [1.54, 1.807) is 48.5 Å². The molecule has 6 nitrogen and oxygen atoms in total. The summed E-state index contributed by atoms with van der Waals surface area (Å²) in [6.45, 7) is 3.87. The van der Waals surface area contributed by atoms with Crippen molar-refractivity contribution in [2.24, 2.45) is 5.73 Å². The first-order chi connectivity index (χ1) is 11.9. The number of nitrogens with two attached hydrogens (primary N) is 1. The van der Waals surface area contributed by atoms with Crippen molar-refractivity contribution < 1.29 is 19.1 Å². The Labute approximate surface area is 146 Å². The van der Waals surface area contributed by atoms with Crippen LogP contribution < -0.4 is 15.8 Å². The Hall–Kier alpha value is -3.15. The summed E-state index contributed by atoms with van der Waals surface area (Å²) in [4.78, 5) is 35.6. The van der Waals surface area contributed by atoms with E-state index in [9.17, 15) is 14.4 Å². The van der Waals surface area contributed by atoms with E-state index in [2.05, 4.69) is 5.32 Å². The summed E-state index contributed by atoms with van der Waals surface area (Å²) in [7, 11) is 0. The highest BCUT2D eigenvalue weighted by Gasteiger charge is 2.26. The second kappa shape index (κ2) is 8.10. The summed E-state index contributed by atoms with van der Waals surface area (Å²) in [6.07, 6.45) is 0. The molecule has 2 amide bonds. The molecule has 0 saturated heterocycles. The number of Topliss-reactive ketones (excluding diaryl/α,β-unsaturated/α-hetero) is 1. The van der Waals surface area contributed by atoms with Gasteiger partial charge in [-0.1, -0.05) is 24.3 Å². The lowest BCUT2D eigenvalue weighted by atomic mass is 9.95. The van der Waals surface area contributed by atoms with Crippen LogP contribution in [0.25, 0.3) is 0 Å². The van der Waals surface area contributed by atoms with Crippen LogP contribution in [-0.4, -0.2) is 24.2 Å². The first-order valence-corrected chi connectivity index (χ1v) is 7.86. The molecule has 0 fully saturated rings. The highest BCUT2D eigenvalue weighted by molar-refractivity contribution is 6.10. The number of nitrogens with one attached hydrogen (secondary N) is 1. The third-order valence-corrected chi connectivity index (χ3v) is 3.63. The van der Waals surface area contributed by atoms with E-state index in [0.29, 0.717) is 29.2 Å². The summed E-state index contributed by atoms with van der Waals surface area (Å²) >= 11 is 0. The average molecular weight is 340 g/mol. The zero-order valence-electron chi connectivity index (χ0n) is 14.1. The molecule has 2 rings (SSSR count). The summed E-state index contributed by atoms with van der Waals surface area (Å²) in [5.41, 5.74) is 6.86.